The fourth-order valence-electron chi connectivity index (χ4n) is 2.88. The molecule has 0 saturated heterocycles. The van der Waals surface area contributed by atoms with Crippen LogP contribution in [-0.2, 0) is 0 Å². The zero-order valence-corrected chi connectivity index (χ0v) is 12.5. The molecule has 0 amide bonds. The van der Waals surface area contributed by atoms with Crippen LogP contribution in [0.4, 0.5) is 0 Å². The van der Waals surface area contributed by atoms with Crippen LogP contribution < -0.4 is 0 Å². The molecular weight excluding hydrogens is 268 g/mol. The lowest BCUT2D eigenvalue weighted by atomic mass is 9.88. The number of aliphatic hydroxyl groups excluding tert-OH is 1. The van der Waals surface area contributed by atoms with Gasteiger partial charge in [-0.25, -0.2) is 0 Å². The Morgan fingerprint density at radius 3 is 1.68 bits per heavy atom. The second-order valence-corrected chi connectivity index (χ2v) is 5.46. The van der Waals surface area contributed by atoms with Crippen molar-refractivity contribution in [1.82, 2.24) is 0 Å². The summed E-state index contributed by atoms with van der Waals surface area (Å²) in [6.45, 7) is 0.194. The number of hydrogen-bond donors (Lipinski definition) is 1. The molecule has 0 aliphatic rings. The van der Waals surface area contributed by atoms with Crippen molar-refractivity contribution in [3.05, 3.63) is 96.1 Å². The van der Waals surface area contributed by atoms with Gasteiger partial charge < -0.3 is 5.11 Å². The Morgan fingerprint density at radius 1 is 0.591 bits per heavy atom. The summed E-state index contributed by atoms with van der Waals surface area (Å²) < 4.78 is 0. The predicted octanol–water partition coefficient (Wildman–Crippen LogP) is 4.87. The third kappa shape index (κ3) is 3.26. The largest absolute Gasteiger partial charge is 0.396 e. The number of aliphatic hydroxyl groups is 1. The lowest BCUT2D eigenvalue weighted by Gasteiger charge is -2.17. The zero-order valence-electron chi connectivity index (χ0n) is 12.5. The van der Waals surface area contributed by atoms with Gasteiger partial charge in [-0.05, 0) is 28.7 Å². The molecule has 1 N–H and O–H groups in total. The second kappa shape index (κ2) is 7.06. The summed E-state index contributed by atoms with van der Waals surface area (Å²) in [4.78, 5) is 0. The van der Waals surface area contributed by atoms with E-state index in [-0.39, 0.29) is 12.5 Å². The maximum atomic E-state index is 9.39. The van der Waals surface area contributed by atoms with E-state index in [1.165, 1.54) is 22.3 Å². The van der Waals surface area contributed by atoms with Gasteiger partial charge in [-0.3, -0.25) is 0 Å². The van der Waals surface area contributed by atoms with E-state index in [0.717, 1.165) is 6.42 Å². The number of rotatable bonds is 5. The minimum Gasteiger partial charge on any atom is -0.396 e. The third-order valence-electron chi connectivity index (χ3n) is 4.04. The Labute approximate surface area is 131 Å². The maximum Gasteiger partial charge on any atom is 0.0440 e. The molecule has 0 radical (unpaired) electrons. The molecule has 0 fully saturated rings. The smallest absolute Gasteiger partial charge is 0.0440 e. The van der Waals surface area contributed by atoms with E-state index in [0.29, 0.717) is 0 Å². The normalized spacial score (nSPS) is 12.0. The molecule has 1 unspecified atom stereocenters. The van der Waals surface area contributed by atoms with Gasteiger partial charge in [-0.15, -0.1) is 0 Å². The summed E-state index contributed by atoms with van der Waals surface area (Å²) in [5.74, 6) is 0.246. The Bertz CT molecular complexity index is 687. The van der Waals surface area contributed by atoms with E-state index in [9.17, 15) is 5.11 Å². The molecule has 1 heteroatoms. The van der Waals surface area contributed by atoms with Crippen molar-refractivity contribution in [1.29, 1.82) is 0 Å². The average molecular weight is 288 g/mol. The van der Waals surface area contributed by atoms with Gasteiger partial charge in [0, 0.05) is 12.5 Å². The van der Waals surface area contributed by atoms with Gasteiger partial charge in [0.05, 0.1) is 0 Å². The van der Waals surface area contributed by atoms with Crippen LogP contribution in [-0.4, -0.2) is 11.7 Å². The molecular formula is C21H20O. The van der Waals surface area contributed by atoms with Gasteiger partial charge in [-0.2, -0.15) is 0 Å². The highest BCUT2D eigenvalue weighted by molar-refractivity contribution is 5.63. The van der Waals surface area contributed by atoms with Gasteiger partial charge in [-0.1, -0.05) is 84.9 Å². The minimum absolute atomic E-state index is 0.194. The van der Waals surface area contributed by atoms with Crippen molar-refractivity contribution in [3.63, 3.8) is 0 Å². The number of hydrogen-bond acceptors (Lipinski definition) is 1. The van der Waals surface area contributed by atoms with Crippen molar-refractivity contribution in [2.45, 2.75) is 12.3 Å². The fraction of sp³-hybridized carbons (Fsp3) is 0.143. The third-order valence-corrected chi connectivity index (χ3v) is 4.04. The molecule has 1 atom stereocenters. The van der Waals surface area contributed by atoms with E-state index in [2.05, 4.69) is 72.8 Å². The summed E-state index contributed by atoms with van der Waals surface area (Å²) in [5, 5.41) is 9.39. The van der Waals surface area contributed by atoms with Crippen LogP contribution in [0.3, 0.4) is 0 Å². The van der Waals surface area contributed by atoms with Crippen molar-refractivity contribution in [2.75, 3.05) is 6.61 Å². The first-order chi connectivity index (χ1) is 10.9. The first-order valence-corrected chi connectivity index (χ1v) is 7.69. The van der Waals surface area contributed by atoms with Crippen molar-refractivity contribution in [2.24, 2.45) is 0 Å². The Balaban J connectivity index is 1.90. The maximum absolute atomic E-state index is 9.39. The van der Waals surface area contributed by atoms with Crippen LogP contribution in [0.2, 0.25) is 0 Å². The van der Waals surface area contributed by atoms with Crippen molar-refractivity contribution < 1.29 is 5.11 Å². The molecule has 0 aromatic heterocycles. The van der Waals surface area contributed by atoms with E-state index in [4.69, 9.17) is 0 Å². The fourth-order valence-corrected chi connectivity index (χ4v) is 2.88. The standard InChI is InChI=1S/C21H20O/c22-16-15-21(19-9-5-2-6-10-19)20-13-11-18(12-14-20)17-7-3-1-4-8-17/h1-14,21-22H,15-16H2. The quantitative estimate of drug-likeness (QED) is 0.710. The molecule has 3 aromatic carbocycles. The highest BCUT2D eigenvalue weighted by Crippen LogP contribution is 2.29. The molecule has 3 aromatic rings. The Morgan fingerprint density at radius 2 is 1.09 bits per heavy atom. The molecule has 0 saturated carbocycles. The Hall–Kier alpha value is -2.38. The molecule has 110 valence electrons. The zero-order chi connectivity index (χ0) is 15.2. The molecule has 0 aliphatic heterocycles. The SMILES string of the molecule is OCCC(c1ccccc1)c1ccc(-c2ccccc2)cc1. The first-order valence-electron chi connectivity index (χ1n) is 7.69. The van der Waals surface area contributed by atoms with E-state index in [1.807, 2.05) is 12.1 Å². The molecule has 22 heavy (non-hydrogen) atoms. The van der Waals surface area contributed by atoms with Crippen molar-refractivity contribution in [3.8, 4) is 11.1 Å². The van der Waals surface area contributed by atoms with E-state index < -0.39 is 0 Å². The van der Waals surface area contributed by atoms with Gasteiger partial charge in [0.1, 0.15) is 0 Å². The molecule has 0 heterocycles. The first kappa shape index (κ1) is 14.6. The highest BCUT2D eigenvalue weighted by Gasteiger charge is 2.13. The lowest BCUT2D eigenvalue weighted by Crippen LogP contribution is -2.03. The minimum atomic E-state index is 0.194. The highest BCUT2D eigenvalue weighted by atomic mass is 16.3. The molecule has 0 spiro atoms. The monoisotopic (exact) mass is 288 g/mol. The van der Waals surface area contributed by atoms with Gasteiger partial charge in [0.2, 0.25) is 0 Å². The topological polar surface area (TPSA) is 20.2 Å². The average Bonchev–Trinajstić information content (AvgIpc) is 2.61. The Kier molecular flexibility index (Phi) is 4.67. The van der Waals surface area contributed by atoms with E-state index in [1.54, 1.807) is 0 Å². The summed E-state index contributed by atoms with van der Waals surface area (Å²) in [5.41, 5.74) is 4.96. The van der Waals surface area contributed by atoms with Crippen LogP contribution in [0, 0.1) is 0 Å². The van der Waals surface area contributed by atoms with Crippen LogP contribution in [0.25, 0.3) is 11.1 Å². The van der Waals surface area contributed by atoms with Crippen molar-refractivity contribution >= 4 is 0 Å². The summed E-state index contributed by atoms with van der Waals surface area (Å²) >= 11 is 0. The van der Waals surface area contributed by atoms with Gasteiger partial charge in [0.25, 0.3) is 0 Å². The predicted molar refractivity (Wildman–Crippen MR) is 91.9 cm³/mol. The van der Waals surface area contributed by atoms with Crippen LogP contribution >= 0.6 is 0 Å². The summed E-state index contributed by atoms with van der Waals surface area (Å²) in [6, 6.07) is 29.5. The molecule has 3 rings (SSSR count). The molecule has 1 nitrogen and oxygen atoms in total. The van der Waals surface area contributed by atoms with E-state index >= 15 is 0 Å². The molecule has 0 bridgehead atoms. The van der Waals surface area contributed by atoms with Crippen LogP contribution in [0.1, 0.15) is 23.5 Å². The lowest BCUT2D eigenvalue weighted by molar-refractivity contribution is 0.281. The van der Waals surface area contributed by atoms with Crippen LogP contribution in [0.5, 0.6) is 0 Å². The summed E-state index contributed by atoms with van der Waals surface area (Å²) in [7, 11) is 0. The second-order valence-electron chi connectivity index (χ2n) is 5.46. The van der Waals surface area contributed by atoms with Gasteiger partial charge >= 0.3 is 0 Å². The number of benzene rings is 3. The summed E-state index contributed by atoms with van der Waals surface area (Å²) in [6.07, 6.45) is 0.745. The van der Waals surface area contributed by atoms with Gasteiger partial charge in [0.15, 0.2) is 0 Å². The van der Waals surface area contributed by atoms with Crippen LogP contribution in [0.15, 0.2) is 84.9 Å². The molecule has 0 aliphatic carbocycles.